The maximum Gasteiger partial charge on any atom is 0.267 e. The molecule has 1 amide bonds. The van der Waals surface area contributed by atoms with Crippen molar-refractivity contribution in [3.63, 3.8) is 0 Å². The van der Waals surface area contributed by atoms with Gasteiger partial charge in [-0.3, -0.25) is 14.2 Å². The first-order valence-electron chi connectivity index (χ1n) is 11.3. The summed E-state index contributed by atoms with van der Waals surface area (Å²) in [6.45, 7) is 5.09. The number of nitrogens with one attached hydrogen (secondary N) is 1. The second kappa shape index (κ2) is 9.58. The lowest BCUT2D eigenvalue weighted by Gasteiger charge is -2.21. The van der Waals surface area contributed by atoms with Gasteiger partial charge in [-0.05, 0) is 50.9 Å². The molecule has 33 heavy (non-hydrogen) atoms. The van der Waals surface area contributed by atoms with Gasteiger partial charge in [-0.2, -0.15) is 0 Å². The van der Waals surface area contributed by atoms with Crippen LogP contribution in [0.4, 0.5) is 0 Å². The molecule has 2 aliphatic rings. The number of benzene rings is 1. The molecule has 1 N–H and O–H groups in total. The van der Waals surface area contributed by atoms with Gasteiger partial charge in [0.05, 0.1) is 22.9 Å². The standard InChI is InChI=1S/C24H28N4O3S2/c1-15-5-7-16(8-6-15)28-23(30)21-18-9-10-27(2)13-19(18)33-22(21)26-24(28)32-14-20(29)25-12-17-4-3-11-31-17/h5-8,17H,3-4,9-14H2,1-2H3,(H,25,29). The highest BCUT2D eigenvalue weighted by atomic mass is 32.2. The van der Waals surface area contributed by atoms with Crippen LogP contribution in [0.2, 0.25) is 0 Å². The van der Waals surface area contributed by atoms with Gasteiger partial charge in [0.1, 0.15) is 4.83 Å². The lowest BCUT2D eigenvalue weighted by Crippen LogP contribution is -2.33. The highest BCUT2D eigenvalue weighted by Gasteiger charge is 2.25. The summed E-state index contributed by atoms with van der Waals surface area (Å²) in [5, 5.41) is 4.24. The van der Waals surface area contributed by atoms with Crippen LogP contribution in [-0.2, 0) is 22.5 Å². The van der Waals surface area contributed by atoms with Crippen LogP contribution in [0.1, 0.15) is 28.8 Å². The van der Waals surface area contributed by atoms with Crippen LogP contribution in [0, 0.1) is 6.92 Å². The molecular formula is C24H28N4O3S2. The third-order valence-corrected chi connectivity index (χ3v) is 8.26. The molecule has 0 spiro atoms. The zero-order valence-electron chi connectivity index (χ0n) is 18.9. The van der Waals surface area contributed by atoms with E-state index in [-0.39, 0.29) is 23.3 Å². The maximum absolute atomic E-state index is 13.8. The fourth-order valence-electron chi connectivity index (χ4n) is 4.38. The summed E-state index contributed by atoms with van der Waals surface area (Å²) >= 11 is 2.91. The minimum atomic E-state index is -0.0765. The molecule has 5 rings (SSSR count). The zero-order valence-corrected chi connectivity index (χ0v) is 20.6. The molecule has 1 atom stereocenters. The first-order chi connectivity index (χ1) is 16.0. The number of aromatic nitrogens is 2. The Morgan fingerprint density at radius 1 is 1.33 bits per heavy atom. The lowest BCUT2D eigenvalue weighted by atomic mass is 10.1. The van der Waals surface area contributed by atoms with Crippen LogP contribution in [0.5, 0.6) is 0 Å². The Hall–Kier alpha value is -2.20. The van der Waals surface area contributed by atoms with Crippen molar-refractivity contribution < 1.29 is 9.53 Å². The van der Waals surface area contributed by atoms with Crippen LogP contribution in [-0.4, -0.2) is 59.0 Å². The molecule has 0 saturated carbocycles. The van der Waals surface area contributed by atoms with Crippen molar-refractivity contribution in [2.24, 2.45) is 0 Å². The van der Waals surface area contributed by atoms with E-state index in [4.69, 9.17) is 9.72 Å². The number of hydrogen-bond donors (Lipinski definition) is 1. The first kappa shape index (κ1) is 22.6. The van der Waals surface area contributed by atoms with E-state index in [1.165, 1.54) is 16.6 Å². The van der Waals surface area contributed by atoms with Gasteiger partial charge in [0, 0.05) is 31.1 Å². The first-order valence-corrected chi connectivity index (χ1v) is 13.1. The summed E-state index contributed by atoms with van der Waals surface area (Å²) in [6.07, 6.45) is 2.99. The fourth-order valence-corrected chi connectivity index (χ4v) is 6.57. The second-order valence-corrected chi connectivity index (χ2v) is 10.8. The number of amides is 1. The summed E-state index contributed by atoms with van der Waals surface area (Å²) in [4.78, 5) is 35.4. The molecular weight excluding hydrogens is 456 g/mol. The summed E-state index contributed by atoms with van der Waals surface area (Å²) in [5.74, 6) is 0.122. The number of likely N-dealkylation sites (N-methyl/N-ethyl adjacent to an activating group) is 1. The van der Waals surface area contributed by atoms with Gasteiger partial charge in [0.15, 0.2) is 5.16 Å². The number of carbonyl (C=O) groups excluding carboxylic acids is 1. The maximum atomic E-state index is 13.8. The van der Waals surface area contributed by atoms with Crippen molar-refractivity contribution in [3.05, 3.63) is 50.6 Å². The van der Waals surface area contributed by atoms with E-state index in [0.29, 0.717) is 11.7 Å². The molecule has 1 saturated heterocycles. The zero-order chi connectivity index (χ0) is 22.9. The number of aryl methyl sites for hydroxylation is 1. The minimum absolute atomic E-state index is 0.0480. The van der Waals surface area contributed by atoms with Gasteiger partial charge in [-0.25, -0.2) is 4.98 Å². The highest BCUT2D eigenvalue weighted by molar-refractivity contribution is 7.99. The van der Waals surface area contributed by atoms with Gasteiger partial charge in [-0.1, -0.05) is 29.5 Å². The Bertz CT molecular complexity index is 1230. The number of carbonyl (C=O) groups is 1. The van der Waals surface area contributed by atoms with Crippen molar-refractivity contribution in [2.75, 3.05) is 32.5 Å². The van der Waals surface area contributed by atoms with Crippen LogP contribution in [0.15, 0.2) is 34.2 Å². The van der Waals surface area contributed by atoms with Crippen LogP contribution >= 0.6 is 23.1 Å². The number of ether oxygens (including phenoxy) is 1. The van der Waals surface area contributed by atoms with E-state index >= 15 is 0 Å². The Labute approximate surface area is 201 Å². The second-order valence-electron chi connectivity index (χ2n) is 8.77. The van der Waals surface area contributed by atoms with Crippen molar-refractivity contribution >= 4 is 39.2 Å². The number of thiophene rings is 1. The SMILES string of the molecule is Cc1ccc(-n2c(SCC(=O)NCC3CCCO3)nc3sc4c(c3c2=O)CCN(C)C4)cc1. The van der Waals surface area contributed by atoms with Crippen molar-refractivity contribution in [1.29, 1.82) is 0 Å². The molecule has 9 heteroatoms. The minimum Gasteiger partial charge on any atom is -0.376 e. The Morgan fingerprint density at radius 2 is 2.15 bits per heavy atom. The number of nitrogens with zero attached hydrogens (tertiary/aromatic N) is 3. The van der Waals surface area contributed by atoms with Gasteiger partial charge in [0.2, 0.25) is 5.91 Å². The van der Waals surface area contributed by atoms with E-state index in [9.17, 15) is 9.59 Å². The Morgan fingerprint density at radius 3 is 2.91 bits per heavy atom. The van der Waals surface area contributed by atoms with E-state index in [1.807, 2.05) is 31.2 Å². The molecule has 174 valence electrons. The van der Waals surface area contributed by atoms with E-state index in [1.54, 1.807) is 15.9 Å². The average molecular weight is 485 g/mol. The highest BCUT2D eigenvalue weighted by Crippen LogP contribution is 2.34. The summed E-state index contributed by atoms with van der Waals surface area (Å²) < 4.78 is 7.25. The fraction of sp³-hybridized carbons (Fsp3) is 0.458. The smallest absolute Gasteiger partial charge is 0.267 e. The summed E-state index contributed by atoms with van der Waals surface area (Å²) in [6, 6.07) is 7.87. The Balaban J connectivity index is 1.48. The van der Waals surface area contributed by atoms with Crippen LogP contribution in [0.3, 0.4) is 0 Å². The Kier molecular flexibility index (Phi) is 6.56. The molecule has 4 heterocycles. The van der Waals surface area contributed by atoms with Crippen molar-refractivity contribution in [2.45, 2.75) is 44.0 Å². The molecule has 0 radical (unpaired) electrons. The summed E-state index contributed by atoms with van der Waals surface area (Å²) in [5.41, 5.74) is 2.99. The molecule has 3 aromatic rings. The van der Waals surface area contributed by atoms with E-state index < -0.39 is 0 Å². The monoisotopic (exact) mass is 484 g/mol. The topological polar surface area (TPSA) is 76.5 Å². The number of thioether (sulfide) groups is 1. The molecule has 1 aromatic carbocycles. The van der Waals surface area contributed by atoms with Gasteiger partial charge < -0.3 is 15.0 Å². The van der Waals surface area contributed by atoms with E-state index in [0.717, 1.165) is 66.0 Å². The summed E-state index contributed by atoms with van der Waals surface area (Å²) in [7, 11) is 2.10. The molecule has 1 unspecified atom stereocenters. The van der Waals surface area contributed by atoms with Gasteiger partial charge >= 0.3 is 0 Å². The molecule has 2 aromatic heterocycles. The number of hydrogen-bond acceptors (Lipinski definition) is 7. The molecule has 0 aliphatic carbocycles. The average Bonchev–Trinajstić information content (AvgIpc) is 3.44. The van der Waals surface area contributed by atoms with Crippen molar-refractivity contribution in [3.8, 4) is 5.69 Å². The van der Waals surface area contributed by atoms with Crippen molar-refractivity contribution in [1.82, 2.24) is 19.8 Å². The molecule has 0 bridgehead atoms. The van der Waals surface area contributed by atoms with Gasteiger partial charge in [0.25, 0.3) is 5.56 Å². The quantitative estimate of drug-likeness (QED) is 0.428. The predicted molar refractivity (Wildman–Crippen MR) is 133 cm³/mol. The predicted octanol–water partition coefficient (Wildman–Crippen LogP) is 3.13. The van der Waals surface area contributed by atoms with Gasteiger partial charge in [-0.15, -0.1) is 11.3 Å². The van der Waals surface area contributed by atoms with E-state index in [2.05, 4.69) is 17.3 Å². The van der Waals surface area contributed by atoms with Crippen LogP contribution in [0.25, 0.3) is 15.9 Å². The molecule has 7 nitrogen and oxygen atoms in total. The third kappa shape index (κ3) is 4.73. The third-order valence-electron chi connectivity index (χ3n) is 6.21. The normalized spacial score (nSPS) is 18.5. The van der Waals surface area contributed by atoms with Crippen LogP contribution < -0.4 is 10.9 Å². The molecule has 2 aliphatic heterocycles. The largest absolute Gasteiger partial charge is 0.376 e. The number of fused-ring (bicyclic) bond motifs is 3. The number of rotatable bonds is 6. The lowest BCUT2D eigenvalue weighted by molar-refractivity contribution is -0.119. The molecule has 1 fully saturated rings.